The van der Waals surface area contributed by atoms with Crippen molar-refractivity contribution in [3.8, 4) is 0 Å². The van der Waals surface area contributed by atoms with Gasteiger partial charge in [-0.3, -0.25) is 23.9 Å². The fourth-order valence-electron chi connectivity index (χ4n) is 2.23. The van der Waals surface area contributed by atoms with Crippen molar-refractivity contribution >= 4 is 11.9 Å². The minimum Gasteiger partial charge on any atom is -0.480 e. The van der Waals surface area contributed by atoms with E-state index in [1.54, 1.807) is 0 Å². The summed E-state index contributed by atoms with van der Waals surface area (Å²) in [4.78, 5) is 48.8. The number of rotatable bonds is 6. The van der Waals surface area contributed by atoms with Crippen molar-refractivity contribution in [1.82, 2.24) is 14.5 Å². The zero-order valence-corrected chi connectivity index (χ0v) is 13.7. The third-order valence-corrected chi connectivity index (χ3v) is 3.54. The Morgan fingerprint density at radius 1 is 1.11 bits per heavy atom. The topological polar surface area (TPSA) is 112 Å². The first-order chi connectivity index (χ1) is 12.6. The summed E-state index contributed by atoms with van der Waals surface area (Å²) in [6.45, 7) is -1.51. The number of aliphatic carboxylic acids is 1. The Morgan fingerprint density at radius 2 is 1.74 bits per heavy atom. The van der Waals surface area contributed by atoms with Crippen LogP contribution in [0.25, 0.3) is 0 Å². The summed E-state index contributed by atoms with van der Waals surface area (Å²) in [7, 11) is 0. The maximum absolute atomic E-state index is 12.6. The van der Waals surface area contributed by atoms with Gasteiger partial charge >= 0.3 is 17.8 Å². The third kappa shape index (κ3) is 5.56. The number of hydrogen-bond donors (Lipinski definition) is 2. The lowest BCUT2D eigenvalue weighted by Gasteiger charge is -2.21. The zero-order chi connectivity index (χ0) is 20.2. The number of amides is 1. The number of benzene rings is 1. The maximum Gasteiger partial charge on any atom is 0.416 e. The number of nitrogens with one attached hydrogen (secondary N) is 1. The number of carboxylic acid groups (broad SMARTS) is 1. The summed E-state index contributed by atoms with van der Waals surface area (Å²) in [5.74, 6) is -2.09. The van der Waals surface area contributed by atoms with Crippen molar-refractivity contribution in [2.75, 3.05) is 6.54 Å². The summed E-state index contributed by atoms with van der Waals surface area (Å²) >= 11 is 0. The molecule has 0 spiro atoms. The van der Waals surface area contributed by atoms with Crippen LogP contribution in [0, 0.1) is 0 Å². The van der Waals surface area contributed by atoms with Crippen LogP contribution in [-0.2, 0) is 28.9 Å². The van der Waals surface area contributed by atoms with Gasteiger partial charge in [-0.1, -0.05) is 12.1 Å². The number of aromatic amines is 1. The average molecular weight is 385 g/mol. The fourth-order valence-corrected chi connectivity index (χ4v) is 2.23. The smallest absolute Gasteiger partial charge is 0.416 e. The molecule has 27 heavy (non-hydrogen) atoms. The molecule has 8 nitrogen and oxygen atoms in total. The Balaban J connectivity index is 2.19. The van der Waals surface area contributed by atoms with Gasteiger partial charge in [-0.2, -0.15) is 13.2 Å². The van der Waals surface area contributed by atoms with Gasteiger partial charge in [0.05, 0.1) is 5.56 Å². The van der Waals surface area contributed by atoms with Gasteiger partial charge in [0.25, 0.3) is 5.56 Å². The van der Waals surface area contributed by atoms with E-state index in [9.17, 15) is 32.3 Å². The van der Waals surface area contributed by atoms with Crippen LogP contribution in [-0.4, -0.2) is 38.0 Å². The van der Waals surface area contributed by atoms with Crippen LogP contribution in [0.2, 0.25) is 0 Å². The highest BCUT2D eigenvalue weighted by Gasteiger charge is 2.30. The predicted molar refractivity (Wildman–Crippen MR) is 85.8 cm³/mol. The van der Waals surface area contributed by atoms with Gasteiger partial charge in [0.1, 0.15) is 13.1 Å². The molecule has 0 fully saturated rings. The first-order valence-corrected chi connectivity index (χ1v) is 7.52. The first kappa shape index (κ1) is 19.9. The molecule has 1 aromatic carbocycles. The molecular formula is C16H14F3N3O5. The minimum absolute atomic E-state index is 0.263. The molecule has 1 heterocycles. The van der Waals surface area contributed by atoms with E-state index in [4.69, 9.17) is 5.11 Å². The Hall–Kier alpha value is -3.37. The quantitative estimate of drug-likeness (QED) is 0.759. The fraction of sp³-hybridized carbons (Fsp3) is 0.250. The standard InChI is InChI=1S/C16H14F3N3O5/c17-16(18,19)11-3-1-10(2-4-11)7-22(9-14(25)26)13(24)8-21-6-5-12(23)20-15(21)27/h1-6H,7-9H2,(H,25,26)(H,20,23,27). The molecule has 144 valence electrons. The summed E-state index contributed by atoms with van der Waals surface area (Å²) < 4.78 is 38.7. The van der Waals surface area contributed by atoms with E-state index in [1.807, 2.05) is 4.98 Å². The lowest BCUT2D eigenvalue weighted by atomic mass is 10.1. The van der Waals surface area contributed by atoms with E-state index >= 15 is 0 Å². The highest BCUT2D eigenvalue weighted by Crippen LogP contribution is 2.29. The van der Waals surface area contributed by atoms with Gasteiger partial charge < -0.3 is 10.0 Å². The molecule has 0 bridgehead atoms. The highest BCUT2D eigenvalue weighted by atomic mass is 19.4. The number of halogens is 3. The van der Waals surface area contributed by atoms with Crippen molar-refractivity contribution in [3.05, 3.63) is 68.5 Å². The van der Waals surface area contributed by atoms with Crippen LogP contribution in [0.15, 0.2) is 46.1 Å². The summed E-state index contributed by atoms with van der Waals surface area (Å²) in [5, 5.41) is 8.96. The molecule has 1 aromatic heterocycles. The van der Waals surface area contributed by atoms with Gasteiger partial charge in [0, 0.05) is 18.8 Å². The van der Waals surface area contributed by atoms with Gasteiger partial charge in [-0.05, 0) is 17.7 Å². The largest absolute Gasteiger partial charge is 0.480 e. The number of carbonyl (C=O) groups is 2. The van der Waals surface area contributed by atoms with Crippen molar-refractivity contribution in [1.29, 1.82) is 0 Å². The molecule has 2 rings (SSSR count). The van der Waals surface area contributed by atoms with Gasteiger partial charge in [-0.25, -0.2) is 4.79 Å². The van der Waals surface area contributed by atoms with Crippen molar-refractivity contribution in [2.45, 2.75) is 19.3 Å². The first-order valence-electron chi connectivity index (χ1n) is 7.52. The normalized spacial score (nSPS) is 11.2. The monoisotopic (exact) mass is 385 g/mol. The lowest BCUT2D eigenvalue weighted by molar-refractivity contribution is -0.145. The number of hydrogen-bond acceptors (Lipinski definition) is 4. The molecule has 0 radical (unpaired) electrons. The molecule has 2 aromatic rings. The molecule has 0 aliphatic heterocycles. The molecule has 0 atom stereocenters. The molecule has 0 aliphatic carbocycles. The molecule has 0 aliphatic rings. The van der Waals surface area contributed by atoms with Gasteiger partial charge in [0.15, 0.2) is 0 Å². The lowest BCUT2D eigenvalue weighted by Crippen LogP contribution is -2.40. The van der Waals surface area contributed by atoms with E-state index < -0.39 is 48.0 Å². The Morgan fingerprint density at radius 3 is 2.26 bits per heavy atom. The zero-order valence-electron chi connectivity index (χ0n) is 13.7. The van der Waals surface area contributed by atoms with Gasteiger partial charge in [-0.15, -0.1) is 0 Å². The van der Waals surface area contributed by atoms with E-state index in [0.29, 0.717) is 0 Å². The van der Waals surface area contributed by atoms with E-state index in [2.05, 4.69) is 0 Å². The molecular weight excluding hydrogens is 371 g/mol. The maximum atomic E-state index is 12.6. The number of carbonyl (C=O) groups excluding carboxylic acids is 1. The predicted octanol–water partition coefficient (Wildman–Crippen LogP) is 0.669. The van der Waals surface area contributed by atoms with Crippen molar-refractivity contribution in [2.24, 2.45) is 0 Å². The van der Waals surface area contributed by atoms with Crippen LogP contribution in [0.1, 0.15) is 11.1 Å². The Kier molecular flexibility index (Phi) is 5.83. The number of aromatic nitrogens is 2. The number of carboxylic acids is 1. The van der Waals surface area contributed by atoms with Crippen LogP contribution < -0.4 is 11.2 Å². The number of nitrogens with zero attached hydrogens (tertiary/aromatic N) is 2. The second kappa shape index (κ2) is 7.89. The van der Waals surface area contributed by atoms with Gasteiger partial charge in [0.2, 0.25) is 5.91 Å². The SMILES string of the molecule is O=C(O)CN(Cc1ccc(C(F)(F)F)cc1)C(=O)Cn1ccc(=O)[nH]c1=O. The second-order valence-corrected chi connectivity index (χ2v) is 5.58. The minimum atomic E-state index is -4.51. The molecule has 1 amide bonds. The third-order valence-electron chi connectivity index (χ3n) is 3.54. The highest BCUT2D eigenvalue weighted by molar-refractivity contribution is 5.81. The Bertz CT molecular complexity index is 947. The Labute approximate surface area is 149 Å². The summed E-state index contributed by atoms with van der Waals surface area (Å²) in [5.41, 5.74) is -2.09. The summed E-state index contributed by atoms with van der Waals surface area (Å²) in [6.07, 6.45) is -3.43. The molecule has 11 heteroatoms. The van der Waals surface area contributed by atoms with Crippen LogP contribution in [0.3, 0.4) is 0 Å². The average Bonchev–Trinajstić information content (AvgIpc) is 2.56. The van der Waals surface area contributed by atoms with E-state index in [0.717, 1.165) is 46.0 Å². The molecule has 0 unspecified atom stereocenters. The van der Waals surface area contributed by atoms with E-state index in [1.165, 1.54) is 0 Å². The number of H-pyrrole nitrogens is 1. The van der Waals surface area contributed by atoms with E-state index in [-0.39, 0.29) is 12.1 Å². The van der Waals surface area contributed by atoms with Crippen LogP contribution >= 0.6 is 0 Å². The molecule has 0 saturated carbocycles. The molecule has 2 N–H and O–H groups in total. The summed E-state index contributed by atoms with van der Waals surface area (Å²) in [6, 6.07) is 4.94. The number of alkyl halides is 3. The van der Waals surface area contributed by atoms with Crippen LogP contribution in [0.5, 0.6) is 0 Å². The second-order valence-electron chi connectivity index (χ2n) is 5.58. The van der Waals surface area contributed by atoms with Crippen LogP contribution in [0.4, 0.5) is 13.2 Å². The molecule has 0 saturated heterocycles. The van der Waals surface area contributed by atoms with Crippen molar-refractivity contribution < 1.29 is 27.9 Å². The van der Waals surface area contributed by atoms with Crippen molar-refractivity contribution in [3.63, 3.8) is 0 Å².